The molecule has 1 rings (SSSR count). The van der Waals surface area contributed by atoms with Crippen molar-refractivity contribution >= 4 is 0 Å². The Balaban J connectivity index is 2.49. The van der Waals surface area contributed by atoms with Gasteiger partial charge in [0.25, 0.3) is 0 Å². The van der Waals surface area contributed by atoms with Crippen LogP contribution in [0.5, 0.6) is 0 Å². The molecule has 2 nitrogen and oxygen atoms in total. The van der Waals surface area contributed by atoms with Crippen LogP contribution in [0.15, 0.2) is 22.3 Å². The van der Waals surface area contributed by atoms with Gasteiger partial charge in [0, 0.05) is 0 Å². The molecule has 0 bridgehead atoms. The molecule has 0 spiro atoms. The van der Waals surface area contributed by atoms with Crippen molar-refractivity contribution in [3.63, 3.8) is 0 Å². The summed E-state index contributed by atoms with van der Waals surface area (Å²) in [5.41, 5.74) is 7.59. The molecule has 100 valence electrons. The summed E-state index contributed by atoms with van der Waals surface area (Å²) < 4.78 is 7.53. The van der Waals surface area contributed by atoms with Crippen LogP contribution in [0.1, 0.15) is 39.5 Å². The normalized spacial score (nSPS) is 29.1. The van der Waals surface area contributed by atoms with Crippen LogP contribution in [0, 0.1) is 11.8 Å². The molecule has 0 saturated heterocycles. The fraction of sp³-hybridized carbons (Fsp3) is 0.714. The van der Waals surface area contributed by atoms with Crippen LogP contribution in [0.25, 0.3) is 0 Å². The summed E-state index contributed by atoms with van der Waals surface area (Å²) in [4.78, 5) is 0. The van der Waals surface area contributed by atoms with Crippen LogP contribution in [0.4, 0.5) is 0 Å². The minimum absolute atomic E-state index is 0.214. The molecular weight excluding hydrogens is 325 g/mol. The maximum absolute atomic E-state index is 6.19. The van der Waals surface area contributed by atoms with E-state index in [2.05, 4.69) is 26.5 Å². The zero-order chi connectivity index (χ0) is 12.7. The van der Waals surface area contributed by atoms with Crippen LogP contribution in [0.3, 0.4) is 0 Å². The fourth-order valence-corrected chi connectivity index (χ4v) is 3.25. The van der Waals surface area contributed by atoms with E-state index in [1.165, 1.54) is 31.3 Å². The van der Waals surface area contributed by atoms with Crippen LogP contribution in [-0.4, -0.2) is 12.6 Å². The summed E-state index contributed by atoms with van der Waals surface area (Å²) in [5, 5.41) is 0. The molecule has 2 N–H and O–H groups in total. The molecule has 17 heavy (non-hydrogen) atoms. The van der Waals surface area contributed by atoms with Gasteiger partial charge in [-0.25, -0.2) is 0 Å². The third-order valence-corrected chi connectivity index (χ3v) is 4.63. The standard InChI is InChI=1S/C14H25INO/c1-4-6-7-13-8-12(10-17-15-5-2)9-14(16)11(13)3/h5,9,11,13-14H,2,4,6-8,10,16H2,1,3H3/q-1/t11-,13-,14+/m0/s1. The predicted molar refractivity (Wildman–Crippen MR) is 69.0 cm³/mol. The second-order valence-corrected chi connectivity index (χ2v) is 6.88. The third kappa shape index (κ3) is 5.10. The zero-order valence-corrected chi connectivity index (χ0v) is 13.2. The monoisotopic (exact) mass is 350 g/mol. The molecule has 3 atom stereocenters. The van der Waals surface area contributed by atoms with Gasteiger partial charge in [-0.3, -0.25) is 0 Å². The molecule has 0 aromatic carbocycles. The Hall–Kier alpha value is 0.130. The van der Waals surface area contributed by atoms with E-state index in [-0.39, 0.29) is 27.7 Å². The predicted octanol–water partition coefficient (Wildman–Crippen LogP) is 0.250. The van der Waals surface area contributed by atoms with E-state index in [1.807, 2.05) is 4.08 Å². The van der Waals surface area contributed by atoms with E-state index < -0.39 is 0 Å². The Morgan fingerprint density at radius 3 is 3.06 bits per heavy atom. The Morgan fingerprint density at radius 2 is 2.41 bits per heavy atom. The molecule has 0 aromatic rings. The van der Waals surface area contributed by atoms with Crippen molar-refractivity contribution in [1.82, 2.24) is 0 Å². The maximum atomic E-state index is 6.19. The first-order chi connectivity index (χ1) is 8.19. The summed E-state index contributed by atoms with van der Waals surface area (Å²) in [6, 6.07) is 0.214. The van der Waals surface area contributed by atoms with E-state index in [9.17, 15) is 0 Å². The Labute approximate surface area is 116 Å². The average molecular weight is 350 g/mol. The van der Waals surface area contributed by atoms with Crippen molar-refractivity contribution in [2.45, 2.75) is 45.6 Å². The molecule has 0 fully saturated rings. The first-order valence-electron chi connectivity index (χ1n) is 6.50. The van der Waals surface area contributed by atoms with Gasteiger partial charge in [0.05, 0.1) is 0 Å². The van der Waals surface area contributed by atoms with Crippen molar-refractivity contribution in [3.05, 3.63) is 22.3 Å². The van der Waals surface area contributed by atoms with E-state index >= 15 is 0 Å². The molecule has 0 aromatic heterocycles. The number of unbranched alkanes of at least 4 members (excludes halogenated alkanes) is 1. The second-order valence-electron chi connectivity index (χ2n) is 4.86. The average Bonchev–Trinajstić information content (AvgIpc) is 2.32. The Bertz CT molecular complexity index is 265. The fourth-order valence-electron chi connectivity index (χ4n) is 2.41. The van der Waals surface area contributed by atoms with E-state index in [0.29, 0.717) is 5.92 Å². The summed E-state index contributed by atoms with van der Waals surface area (Å²) >= 11 is -0.269. The van der Waals surface area contributed by atoms with Crippen LogP contribution in [0.2, 0.25) is 0 Å². The molecule has 0 radical (unpaired) electrons. The quantitative estimate of drug-likeness (QED) is 0.406. The van der Waals surface area contributed by atoms with Crippen molar-refractivity contribution in [3.8, 4) is 0 Å². The van der Waals surface area contributed by atoms with Crippen LogP contribution < -0.4 is 27.4 Å². The van der Waals surface area contributed by atoms with Gasteiger partial charge in [-0.2, -0.15) is 0 Å². The first-order valence-corrected chi connectivity index (χ1v) is 8.63. The molecule has 0 amide bonds. The van der Waals surface area contributed by atoms with E-state index in [1.54, 1.807) is 0 Å². The van der Waals surface area contributed by atoms with Crippen LogP contribution >= 0.6 is 0 Å². The first kappa shape index (κ1) is 15.2. The molecule has 3 heteroatoms. The molecule has 0 unspecified atom stereocenters. The van der Waals surface area contributed by atoms with Gasteiger partial charge in [0.2, 0.25) is 0 Å². The Kier molecular flexibility index (Phi) is 7.39. The van der Waals surface area contributed by atoms with Crippen molar-refractivity contribution in [1.29, 1.82) is 0 Å². The molecular formula is C14H25INO-. The van der Waals surface area contributed by atoms with E-state index in [4.69, 9.17) is 8.80 Å². The second kappa shape index (κ2) is 8.27. The summed E-state index contributed by atoms with van der Waals surface area (Å²) in [5.74, 6) is 1.36. The summed E-state index contributed by atoms with van der Waals surface area (Å²) in [6.45, 7) is 9.01. The van der Waals surface area contributed by atoms with Gasteiger partial charge >= 0.3 is 117 Å². The summed E-state index contributed by atoms with van der Waals surface area (Å²) in [7, 11) is 0. The summed E-state index contributed by atoms with van der Waals surface area (Å²) in [6.07, 6.45) is 7.29. The van der Waals surface area contributed by atoms with Gasteiger partial charge < -0.3 is 0 Å². The van der Waals surface area contributed by atoms with Gasteiger partial charge in [-0.05, 0) is 0 Å². The Morgan fingerprint density at radius 1 is 1.65 bits per heavy atom. The van der Waals surface area contributed by atoms with Gasteiger partial charge in [0.1, 0.15) is 0 Å². The number of nitrogens with two attached hydrogens (primary N) is 1. The number of hydrogen-bond acceptors (Lipinski definition) is 2. The SMILES string of the molecule is C=C[I-]OCC1=C[C@@H](N)[C@@H](C)[C@@H](CCCC)C1. The molecule has 0 heterocycles. The topological polar surface area (TPSA) is 35.2 Å². The van der Waals surface area contributed by atoms with Crippen molar-refractivity contribution in [2.75, 3.05) is 6.61 Å². The van der Waals surface area contributed by atoms with Crippen molar-refractivity contribution in [2.24, 2.45) is 17.6 Å². The molecule has 1 aliphatic carbocycles. The van der Waals surface area contributed by atoms with E-state index in [0.717, 1.165) is 12.5 Å². The number of rotatable bonds is 7. The van der Waals surface area contributed by atoms with Gasteiger partial charge in [-0.1, -0.05) is 0 Å². The third-order valence-electron chi connectivity index (χ3n) is 3.60. The zero-order valence-electron chi connectivity index (χ0n) is 11.0. The molecule has 1 aliphatic rings. The van der Waals surface area contributed by atoms with Gasteiger partial charge in [-0.15, -0.1) is 0 Å². The minimum atomic E-state index is -0.269. The van der Waals surface area contributed by atoms with Crippen molar-refractivity contribution < 1.29 is 24.7 Å². The number of hydrogen-bond donors (Lipinski definition) is 1. The van der Waals surface area contributed by atoms with Crippen LogP contribution in [-0.2, 0) is 3.07 Å². The molecule has 0 aliphatic heterocycles. The van der Waals surface area contributed by atoms with Gasteiger partial charge in [0.15, 0.2) is 0 Å². The number of halogens is 1. The molecule has 0 saturated carbocycles.